The average molecular weight is 508 g/mol. The Morgan fingerprint density at radius 1 is 1.09 bits per heavy atom. The molecule has 0 saturated carbocycles. The molecule has 1 aliphatic carbocycles. The topological polar surface area (TPSA) is 90.9 Å². The molecule has 0 atom stereocenters. The smallest absolute Gasteiger partial charge is 0.350 e. The van der Waals surface area contributed by atoms with Crippen LogP contribution in [-0.4, -0.2) is 38.2 Å². The molecular weight excluding hydrogens is 486 g/mol. The van der Waals surface area contributed by atoms with E-state index in [1.54, 1.807) is 32.2 Å². The Kier molecular flexibility index (Phi) is 7.21. The van der Waals surface area contributed by atoms with Gasteiger partial charge < -0.3 is 19.5 Å². The summed E-state index contributed by atoms with van der Waals surface area (Å²) >= 11 is 8.90. The summed E-state index contributed by atoms with van der Waals surface area (Å²) in [7, 11) is 1.56. The third-order valence-corrected chi connectivity index (χ3v) is 8.10. The van der Waals surface area contributed by atoms with E-state index in [0.717, 1.165) is 40.8 Å². The van der Waals surface area contributed by atoms with Gasteiger partial charge in [-0.2, -0.15) is 0 Å². The van der Waals surface area contributed by atoms with Crippen LogP contribution in [0, 0.1) is 0 Å². The maximum atomic E-state index is 12.6. The van der Waals surface area contributed by atoms with Crippen LogP contribution in [0.5, 0.6) is 5.75 Å². The minimum absolute atomic E-state index is 0.214. The van der Waals surface area contributed by atoms with E-state index in [1.807, 2.05) is 0 Å². The molecule has 1 amide bonds. The molecule has 1 aromatic carbocycles. The number of fused-ring (bicyclic) bond motifs is 2. The van der Waals surface area contributed by atoms with Crippen LogP contribution >= 0.6 is 34.3 Å². The molecule has 10 heteroatoms. The van der Waals surface area contributed by atoms with Crippen LogP contribution in [0.25, 0.3) is 10.1 Å². The van der Waals surface area contributed by atoms with Crippen molar-refractivity contribution in [3.05, 3.63) is 44.1 Å². The number of esters is 2. The molecule has 1 N–H and O–H groups in total. The number of thiophene rings is 2. The lowest BCUT2D eigenvalue weighted by Crippen LogP contribution is -2.21. The van der Waals surface area contributed by atoms with Crippen LogP contribution < -0.4 is 10.1 Å². The molecule has 2 heterocycles. The highest BCUT2D eigenvalue weighted by atomic mass is 35.5. The zero-order valence-electron chi connectivity index (χ0n) is 18.1. The van der Waals surface area contributed by atoms with Crippen molar-refractivity contribution >= 4 is 67.2 Å². The van der Waals surface area contributed by atoms with Crippen LogP contribution in [0.3, 0.4) is 0 Å². The first-order valence-electron chi connectivity index (χ1n) is 10.5. The van der Waals surface area contributed by atoms with Gasteiger partial charge in [0.1, 0.15) is 15.6 Å². The molecule has 4 rings (SSSR count). The summed E-state index contributed by atoms with van der Waals surface area (Å²) in [5.74, 6) is -1.02. The van der Waals surface area contributed by atoms with Gasteiger partial charge in [-0.25, -0.2) is 9.59 Å². The molecule has 0 spiro atoms. The van der Waals surface area contributed by atoms with E-state index >= 15 is 0 Å². The zero-order valence-corrected chi connectivity index (χ0v) is 20.5. The second kappa shape index (κ2) is 10.1. The number of carbonyl (C=O) groups is 3. The molecule has 3 aromatic rings. The third-order valence-electron chi connectivity index (χ3n) is 5.26. The number of anilines is 1. The fourth-order valence-electron chi connectivity index (χ4n) is 3.74. The Hall–Kier alpha value is -2.62. The number of hydrogen-bond acceptors (Lipinski definition) is 8. The number of hydrogen-bond donors (Lipinski definition) is 1. The van der Waals surface area contributed by atoms with E-state index in [-0.39, 0.29) is 16.5 Å². The highest BCUT2D eigenvalue weighted by Crippen LogP contribution is 2.39. The van der Waals surface area contributed by atoms with Gasteiger partial charge in [0, 0.05) is 15.0 Å². The van der Waals surface area contributed by atoms with E-state index in [4.69, 9.17) is 25.8 Å². The molecule has 0 radical (unpaired) electrons. The molecule has 0 fully saturated rings. The number of rotatable bonds is 7. The molecule has 1 aliphatic rings. The maximum Gasteiger partial charge on any atom is 0.350 e. The normalized spacial score (nSPS) is 12.8. The average Bonchev–Trinajstić information content (AvgIpc) is 3.34. The van der Waals surface area contributed by atoms with E-state index in [0.29, 0.717) is 21.7 Å². The summed E-state index contributed by atoms with van der Waals surface area (Å²) in [6.07, 6.45) is 3.68. The number of amides is 1. The lowest BCUT2D eigenvalue weighted by molar-refractivity contribution is -0.119. The van der Waals surface area contributed by atoms with Gasteiger partial charge in [0.25, 0.3) is 5.91 Å². The summed E-state index contributed by atoms with van der Waals surface area (Å²) < 4.78 is 16.4. The van der Waals surface area contributed by atoms with Gasteiger partial charge in [0.05, 0.1) is 24.3 Å². The molecule has 174 valence electrons. The first-order chi connectivity index (χ1) is 15.9. The summed E-state index contributed by atoms with van der Waals surface area (Å²) in [6, 6.07) is 5.31. The van der Waals surface area contributed by atoms with Gasteiger partial charge in [0.15, 0.2) is 6.61 Å². The van der Waals surface area contributed by atoms with E-state index < -0.39 is 24.5 Å². The Balaban J connectivity index is 1.46. The minimum atomic E-state index is -0.689. The predicted molar refractivity (Wildman–Crippen MR) is 129 cm³/mol. The summed E-state index contributed by atoms with van der Waals surface area (Å²) in [4.78, 5) is 39.0. The Morgan fingerprint density at radius 3 is 2.64 bits per heavy atom. The SMILES string of the molecule is CCOC(=O)c1c(NC(=O)COC(=O)c2sc3cc(OC)ccc3c2Cl)sc2c1CCCC2. The number of benzene rings is 1. The van der Waals surface area contributed by atoms with Crippen LogP contribution in [0.2, 0.25) is 5.02 Å². The lowest BCUT2D eigenvalue weighted by Gasteiger charge is -2.12. The Morgan fingerprint density at radius 2 is 1.88 bits per heavy atom. The largest absolute Gasteiger partial charge is 0.497 e. The fraction of sp³-hybridized carbons (Fsp3) is 0.348. The van der Waals surface area contributed by atoms with Crippen molar-refractivity contribution in [1.82, 2.24) is 0 Å². The molecule has 0 aliphatic heterocycles. The van der Waals surface area contributed by atoms with Gasteiger partial charge in [-0.3, -0.25) is 4.79 Å². The monoisotopic (exact) mass is 507 g/mol. The van der Waals surface area contributed by atoms with Crippen molar-refractivity contribution in [3.63, 3.8) is 0 Å². The van der Waals surface area contributed by atoms with E-state index in [2.05, 4.69) is 5.32 Å². The third kappa shape index (κ3) is 4.85. The molecule has 33 heavy (non-hydrogen) atoms. The molecule has 7 nitrogen and oxygen atoms in total. The van der Waals surface area contributed by atoms with Crippen LogP contribution in [0.15, 0.2) is 18.2 Å². The summed E-state index contributed by atoms with van der Waals surface area (Å²) in [6.45, 7) is 1.48. The summed E-state index contributed by atoms with van der Waals surface area (Å²) in [5.41, 5.74) is 1.36. The molecule has 0 bridgehead atoms. The Labute approximate surface area is 203 Å². The number of methoxy groups -OCH3 is 1. The van der Waals surface area contributed by atoms with Crippen LogP contribution in [-0.2, 0) is 27.1 Å². The molecule has 0 saturated heterocycles. The van der Waals surface area contributed by atoms with Gasteiger partial charge in [0.2, 0.25) is 0 Å². The van der Waals surface area contributed by atoms with Crippen molar-refractivity contribution < 1.29 is 28.6 Å². The van der Waals surface area contributed by atoms with Gasteiger partial charge in [-0.1, -0.05) is 11.6 Å². The fourth-order valence-corrected chi connectivity index (χ4v) is 6.46. The summed E-state index contributed by atoms with van der Waals surface area (Å²) in [5, 5.41) is 4.15. The van der Waals surface area contributed by atoms with Crippen molar-refractivity contribution in [3.8, 4) is 5.75 Å². The lowest BCUT2D eigenvalue weighted by atomic mass is 9.95. The van der Waals surface area contributed by atoms with E-state index in [1.165, 1.54) is 22.7 Å². The second-order valence-corrected chi connectivity index (χ2v) is 9.90. The second-order valence-electron chi connectivity index (χ2n) is 7.37. The Bertz CT molecular complexity index is 1230. The van der Waals surface area contributed by atoms with Crippen LogP contribution in [0.4, 0.5) is 5.00 Å². The molecule has 0 unspecified atom stereocenters. The first-order valence-corrected chi connectivity index (χ1v) is 12.5. The van der Waals surface area contributed by atoms with E-state index in [9.17, 15) is 14.4 Å². The zero-order chi connectivity index (χ0) is 23.5. The van der Waals surface area contributed by atoms with Gasteiger partial charge in [-0.05, 0) is 56.4 Å². The van der Waals surface area contributed by atoms with Gasteiger partial charge in [-0.15, -0.1) is 22.7 Å². The number of halogens is 1. The number of aryl methyl sites for hydroxylation is 1. The maximum absolute atomic E-state index is 12.6. The quantitative estimate of drug-likeness (QED) is 0.426. The minimum Gasteiger partial charge on any atom is -0.497 e. The number of nitrogens with one attached hydrogen (secondary N) is 1. The molecule has 2 aromatic heterocycles. The standard InChI is InChI=1S/C23H22ClNO6S2/c1-3-30-22(27)18-13-6-4-5-7-15(13)33-21(18)25-17(26)11-31-23(28)20-19(24)14-9-8-12(29-2)10-16(14)32-20/h8-10H,3-7,11H2,1-2H3,(H,25,26). The van der Waals surface area contributed by atoms with Crippen molar-refractivity contribution in [2.75, 3.05) is 25.6 Å². The highest BCUT2D eigenvalue weighted by molar-refractivity contribution is 7.21. The highest BCUT2D eigenvalue weighted by Gasteiger charge is 2.27. The van der Waals surface area contributed by atoms with Crippen molar-refractivity contribution in [2.45, 2.75) is 32.6 Å². The molecular formula is C23H22ClNO6S2. The number of ether oxygens (including phenoxy) is 3. The first kappa shape index (κ1) is 23.5. The predicted octanol–water partition coefficient (Wildman–Crippen LogP) is 5.48. The van der Waals surface area contributed by atoms with Crippen LogP contribution in [0.1, 0.15) is 50.2 Å². The van der Waals surface area contributed by atoms with Gasteiger partial charge >= 0.3 is 11.9 Å². The van der Waals surface area contributed by atoms with Crippen molar-refractivity contribution in [2.24, 2.45) is 0 Å². The van der Waals surface area contributed by atoms with Crippen molar-refractivity contribution in [1.29, 1.82) is 0 Å². The number of carbonyl (C=O) groups excluding carboxylic acids is 3.